The van der Waals surface area contributed by atoms with Crippen LogP contribution < -0.4 is 0 Å². The second-order valence-corrected chi connectivity index (χ2v) is 26.8. The van der Waals surface area contributed by atoms with Gasteiger partial charge in [-0.25, -0.2) is 4.98 Å². The van der Waals surface area contributed by atoms with Crippen molar-refractivity contribution in [1.29, 1.82) is 0 Å². The molecule has 6 nitrogen and oxygen atoms in total. The van der Waals surface area contributed by atoms with Gasteiger partial charge in [-0.3, -0.25) is 9.59 Å². The Morgan fingerprint density at radius 2 is 1.58 bits per heavy atom. The highest BCUT2D eigenvalue weighted by molar-refractivity contribution is 7.09. The molecule has 0 bridgehead atoms. The number of esters is 1. The fraction of sp³-hybridized carbons (Fsp3) is 0.683. The summed E-state index contributed by atoms with van der Waals surface area (Å²) in [4.78, 5) is 33.4. The van der Waals surface area contributed by atoms with Gasteiger partial charge in [-0.15, -0.1) is 24.5 Å². The maximum absolute atomic E-state index is 14.8. The zero-order valence-corrected chi connectivity index (χ0v) is 37.1. The highest BCUT2D eigenvalue weighted by Crippen LogP contribution is 2.42. The molecule has 0 saturated heterocycles. The van der Waals surface area contributed by atoms with Gasteiger partial charge >= 0.3 is 5.97 Å². The number of aryl methyl sites for hydroxylation is 1. The van der Waals surface area contributed by atoms with E-state index in [1.54, 1.807) is 11.3 Å². The molecule has 284 valence electrons. The number of thiazole rings is 1. The summed E-state index contributed by atoms with van der Waals surface area (Å²) in [5.74, 6) is -0.806. The van der Waals surface area contributed by atoms with Crippen LogP contribution in [-0.4, -0.2) is 51.7 Å². The van der Waals surface area contributed by atoms with Crippen LogP contribution in [0.5, 0.6) is 0 Å². The number of rotatable bonds is 22. The van der Waals surface area contributed by atoms with E-state index in [-0.39, 0.29) is 35.2 Å². The first-order chi connectivity index (χ1) is 23.0. The Morgan fingerprint density at radius 1 is 1.00 bits per heavy atom. The topological polar surface area (TPSA) is 74.7 Å². The van der Waals surface area contributed by atoms with Crippen LogP contribution in [-0.2, 0) is 23.2 Å². The molecule has 0 spiro atoms. The van der Waals surface area contributed by atoms with Crippen molar-refractivity contribution in [3.63, 3.8) is 0 Å². The molecule has 50 heavy (non-hydrogen) atoms. The predicted molar refractivity (Wildman–Crippen MR) is 220 cm³/mol. The van der Waals surface area contributed by atoms with E-state index in [2.05, 4.69) is 92.7 Å². The molecule has 1 unspecified atom stereocenters. The lowest BCUT2D eigenvalue weighted by Crippen LogP contribution is -2.53. The molecule has 0 amide bonds. The molecule has 0 aliphatic rings. The minimum atomic E-state index is -2.24. The average molecular weight is 746 g/mol. The predicted octanol–water partition coefficient (Wildman–Crippen LogP) is 11.9. The van der Waals surface area contributed by atoms with Gasteiger partial charge in [0.2, 0.25) is 0 Å². The lowest BCUT2D eigenvalue weighted by atomic mass is 9.73. The number of aromatic nitrogens is 1. The lowest BCUT2D eigenvalue weighted by Gasteiger charge is -2.45. The van der Waals surface area contributed by atoms with Crippen LogP contribution in [0.2, 0.25) is 36.3 Å². The molecule has 9 heteroatoms. The zero-order chi connectivity index (χ0) is 38.7. The average Bonchev–Trinajstić information content (AvgIpc) is 3.46. The number of allylic oxidation sites excluding steroid dienone is 2. The molecule has 0 aliphatic heterocycles. The Hall–Kier alpha value is -1.92. The fourth-order valence-corrected chi connectivity index (χ4v) is 11.0. The lowest BCUT2D eigenvalue weighted by molar-refractivity contribution is -0.153. The first kappa shape index (κ1) is 46.1. The molecule has 0 N–H and O–H groups in total. The van der Waals surface area contributed by atoms with Crippen LogP contribution in [0.15, 0.2) is 47.9 Å². The van der Waals surface area contributed by atoms with Crippen LogP contribution >= 0.6 is 11.3 Å². The highest BCUT2D eigenvalue weighted by Gasteiger charge is 2.49. The molecule has 0 aromatic carbocycles. The molecule has 1 aromatic heterocycles. The van der Waals surface area contributed by atoms with E-state index in [0.717, 1.165) is 46.4 Å². The molecule has 1 heterocycles. The molecular weight excluding hydrogens is 675 g/mol. The maximum Gasteiger partial charge on any atom is 0.309 e. The SMILES string of the molecule is C=CC/C(C)=C\CC(OC(=O)C[C@H](O[Si](CC)(CC)CC)C(C)(C)C(=O)[C@H](C)[C@@H](O[Si](C)(C)C(C)(C)C)[C@@H](C)C=C)/C(C)=C/c1csc(C)n1. The quantitative estimate of drug-likeness (QED) is 0.0668. The van der Waals surface area contributed by atoms with Crippen LogP contribution in [0.1, 0.15) is 113 Å². The number of carbonyl (C=O) groups is 2. The van der Waals surface area contributed by atoms with E-state index >= 15 is 0 Å². The number of nitrogens with zero attached hydrogens (tertiary/aromatic N) is 1. The van der Waals surface area contributed by atoms with Gasteiger partial charge in [0, 0.05) is 23.1 Å². The summed E-state index contributed by atoms with van der Waals surface area (Å²) >= 11 is 1.59. The maximum atomic E-state index is 14.8. The zero-order valence-electron chi connectivity index (χ0n) is 34.3. The Bertz CT molecular complexity index is 1330. The standard InChI is InChI=1S/C41H71NO5SSi2/c1-18-23-29(6)24-25-35(31(8)26-34-28-48-33(10)42-34)45-37(43)27-36(46-50(20-3,21-4)22-5)41(14,15)39(44)32(9)38(30(7)19-2)47-49(16,17)40(11,12)13/h18-19,24,26,28,30,32,35-36,38H,1-2,20-23,25,27H2,3-17H3/b29-24-,31-26+/t30-,32+,35?,36-,38-/m0/s1. The van der Waals surface area contributed by atoms with Crippen molar-refractivity contribution in [2.24, 2.45) is 17.3 Å². The number of hydrogen-bond acceptors (Lipinski definition) is 7. The van der Waals surface area contributed by atoms with Gasteiger partial charge < -0.3 is 13.6 Å². The van der Waals surface area contributed by atoms with Gasteiger partial charge in [0.25, 0.3) is 0 Å². The van der Waals surface area contributed by atoms with E-state index in [1.165, 1.54) is 0 Å². The van der Waals surface area contributed by atoms with E-state index in [9.17, 15) is 9.59 Å². The second kappa shape index (κ2) is 19.8. The number of ether oxygens (including phenoxy) is 1. The van der Waals surface area contributed by atoms with Crippen molar-refractivity contribution in [1.82, 2.24) is 4.98 Å². The number of ketones is 1. The van der Waals surface area contributed by atoms with Crippen molar-refractivity contribution in [3.05, 3.63) is 58.6 Å². The summed E-state index contributed by atoms with van der Waals surface area (Å²) in [7, 11) is -4.46. The van der Waals surface area contributed by atoms with Crippen molar-refractivity contribution in [2.45, 2.75) is 164 Å². The van der Waals surface area contributed by atoms with Crippen LogP contribution in [0.25, 0.3) is 6.08 Å². The Balaban J connectivity index is 3.60. The Morgan fingerprint density at radius 3 is 2.04 bits per heavy atom. The van der Waals surface area contributed by atoms with Gasteiger partial charge in [0.05, 0.1) is 29.3 Å². The van der Waals surface area contributed by atoms with Gasteiger partial charge in [-0.2, -0.15) is 0 Å². The normalized spacial score (nSPS) is 16.7. The summed E-state index contributed by atoms with van der Waals surface area (Å²) in [6, 6.07) is 2.71. The third-order valence-electron chi connectivity index (χ3n) is 11.1. The molecule has 5 atom stereocenters. The van der Waals surface area contributed by atoms with Crippen LogP contribution in [0.4, 0.5) is 0 Å². The molecular formula is C41H71NO5SSi2. The molecule has 1 rings (SSSR count). The Labute approximate surface area is 312 Å². The van der Waals surface area contributed by atoms with Gasteiger partial charge in [0.15, 0.2) is 16.6 Å². The summed E-state index contributed by atoms with van der Waals surface area (Å²) in [6.45, 7) is 39.5. The molecule has 0 radical (unpaired) electrons. The minimum absolute atomic E-state index is 0.0140. The van der Waals surface area contributed by atoms with E-state index < -0.39 is 40.2 Å². The molecule has 0 saturated carbocycles. The number of Topliss-reactive ketones (excluding diaryl/α,β-unsaturated/α-hetero) is 1. The van der Waals surface area contributed by atoms with Crippen molar-refractivity contribution in [2.75, 3.05) is 0 Å². The van der Waals surface area contributed by atoms with Gasteiger partial charge in [0.1, 0.15) is 11.9 Å². The van der Waals surface area contributed by atoms with Crippen molar-refractivity contribution < 1.29 is 23.2 Å². The molecule has 0 aliphatic carbocycles. The second-order valence-electron chi connectivity index (χ2n) is 16.3. The van der Waals surface area contributed by atoms with E-state index in [0.29, 0.717) is 6.42 Å². The smallest absolute Gasteiger partial charge is 0.309 e. The summed E-state index contributed by atoms with van der Waals surface area (Å²) < 4.78 is 20.4. The summed E-state index contributed by atoms with van der Waals surface area (Å²) in [5.41, 5.74) is 1.95. The summed E-state index contributed by atoms with van der Waals surface area (Å²) in [6.07, 6.45) is 7.68. The van der Waals surface area contributed by atoms with Gasteiger partial charge in [-0.1, -0.05) is 93.0 Å². The third kappa shape index (κ3) is 12.9. The monoisotopic (exact) mass is 745 g/mol. The highest BCUT2D eigenvalue weighted by atomic mass is 32.1. The third-order valence-corrected chi connectivity index (χ3v) is 21.0. The van der Waals surface area contributed by atoms with E-state index in [4.69, 9.17) is 13.6 Å². The fourth-order valence-electron chi connectivity index (χ4n) is 6.03. The first-order valence-corrected chi connectivity index (χ1v) is 24.9. The minimum Gasteiger partial charge on any atom is -0.457 e. The Kier molecular flexibility index (Phi) is 18.2. The van der Waals surface area contributed by atoms with Gasteiger partial charge in [-0.05, 0) is 81.0 Å². The molecule has 1 aromatic rings. The summed E-state index contributed by atoms with van der Waals surface area (Å²) in [5, 5.41) is 2.97. The van der Waals surface area contributed by atoms with Crippen molar-refractivity contribution >= 4 is 45.8 Å². The number of hydrogen-bond donors (Lipinski definition) is 0. The largest absolute Gasteiger partial charge is 0.457 e. The number of carbonyl (C=O) groups excluding carboxylic acids is 2. The first-order valence-electron chi connectivity index (χ1n) is 18.6. The van der Waals surface area contributed by atoms with Crippen LogP contribution in [0.3, 0.4) is 0 Å². The van der Waals surface area contributed by atoms with Crippen molar-refractivity contribution in [3.8, 4) is 0 Å². The van der Waals surface area contributed by atoms with Crippen LogP contribution in [0, 0.1) is 24.2 Å². The van der Waals surface area contributed by atoms with E-state index in [1.807, 2.05) is 58.2 Å². The molecule has 0 fully saturated rings.